The summed E-state index contributed by atoms with van der Waals surface area (Å²) in [4.78, 5) is 11.3. The van der Waals surface area contributed by atoms with Crippen molar-refractivity contribution in [1.82, 2.24) is 0 Å². The van der Waals surface area contributed by atoms with Crippen LogP contribution in [0.2, 0.25) is 0 Å². The van der Waals surface area contributed by atoms with Crippen molar-refractivity contribution < 1.29 is 9.53 Å². The average Bonchev–Trinajstić information content (AvgIpc) is 2.40. The highest BCUT2D eigenvalue weighted by Crippen LogP contribution is 2.24. The van der Waals surface area contributed by atoms with Crippen molar-refractivity contribution in [1.29, 1.82) is 10.5 Å². The van der Waals surface area contributed by atoms with Gasteiger partial charge in [0.25, 0.3) is 0 Å². The van der Waals surface area contributed by atoms with Crippen LogP contribution in [0.15, 0.2) is 34.4 Å². The van der Waals surface area contributed by atoms with Crippen molar-refractivity contribution in [2.45, 2.75) is 0 Å². The van der Waals surface area contributed by atoms with Crippen LogP contribution in [0.25, 0.3) is 0 Å². The van der Waals surface area contributed by atoms with E-state index in [1.807, 2.05) is 0 Å². The Kier molecular flexibility index (Phi) is 4.91. The van der Waals surface area contributed by atoms with E-state index in [1.54, 1.807) is 30.3 Å². The lowest BCUT2D eigenvalue weighted by atomic mass is 10.2. The third-order valence-electron chi connectivity index (χ3n) is 2.00. The fraction of sp³-hybridized carbons (Fsp3) is 0.0833. The van der Waals surface area contributed by atoms with Crippen LogP contribution in [-0.4, -0.2) is 13.1 Å². The first-order chi connectivity index (χ1) is 8.62. The zero-order valence-electron chi connectivity index (χ0n) is 9.40. The molecule has 90 valence electrons. The van der Waals surface area contributed by atoms with Gasteiger partial charge < -0.3 is 10.1 Å². The molecule has 1 rings (SSSR count). The van der Waals surface area contributed by atoms with Gasteiger partial charge in [-0.05, 0) is 34.1 Å². The summed E-state index contributed by atoms with van der Waals surface area (Å²) in [5.74, 6) is -0.463. The molecule has 0 fully saturated rings. The molecule has 0 aliphatic heterocycles. The van der Waals surface area contributed by atoms with E-state index >= 15 is 0 Å². The lowest BCUT2D eigenvalue weighted by Crippen LogP contribution is -2.02. The molecule has 5 nitrogen and oxygen atoms in total. The van der Waals surface area contributed by atoms with Crippen molar-refractivity contribution in [2.75, 3.05) is 12.4 Å². The third kappa shape index (κ3) is 3.34. The lowest BCUT2D eigenvalue weighted by molar-refractivity contribution is 0.0601. The number of carbonyl (C=O) groups excluding carboxylic acids is 1. The van der Waals surface area contributed by atoms with E-state index in [-0.39, 0.29) is 5.57 Å². The molecule has 0 unspecified atom stereocenters. The summed E-state index contributed by atoms with van der Waals surface area (Å²) in [5.41, 5.74) is 0.860. The monoisotopic (exact) mass is 305 g/mol. The van der Waals surface area contributed by atoms with Gasteiger partial charge in [0, 0.05) is 10.7 Å². The summed E-state index contributed by atoms with van der Waals surface area (Å²) in [5, 5.41) is 19.9. The molecule has 0 saturated heterocycles. The first kappa shape index (κ1) is 13.8. The van der Waals surface area contributed by atoms with Crippen LogP contribution < -0.4 is 5.32 Å². The standard InChI is InChI=1S/C12H8BrN3O2/c1-18-12(17)9-2-3-10(13)11(4-9)16-7-8(5-14)6-15/h2-4,7,16H,1H3. The number of hydrogen-bond acceptors (Lipinski definition) is 5. The van der Waals surface area contributed by atoms with Gasteiger partial charge in [-0.3, -0.25) is 0 Å². The summed E-state index contributed by atoms with van der Waals surface area (Å²) < 4.78 is 5.29. The molecule has 0 spiro atoms. The minimum atomic E-state index is -0.463. The Morgan fingerprint density at radius 2 is 2.11 bits per heavy atom. The number of esters is 1. The van der Waals surface area contributed by atoms with Gasteiger partial charge in [-0.25, -0.2) is 4.79 Å². The second-order valence-electron chi connectivity index (χ2n) is 3.11. The summed E-state index contributed by atoms with van der Waals surface area (Å²) in [6.07, 6.45) is 1.27. The van der Waals surface area contributed by atoms with E-state index in [0.29, 0.717) is 15.7 Å². The quantitative estimate of drug-likeness (QED) is 0.685. The molecular weight excluding hydrogens is 298 g/mol. The van der Waals surface area contributed by atoms with Crippen LogP contribution in [0.5, 0.6) is 0 Å². The summed E-state index contributed by atoms with van der Waals surface area (Å²) in [6, 6.07) is 8.26. The van der Waals surface area contributed by atoms with Crippen LogP contribution in [0.3, 0.4) is 0 Å². The Bertz CT molecular complexity index is 566. The van der Waals surface area contributed by atoms with Gasteiger partial charge in [-0.1, -0.05) is 0 Å². The predicted octanol–water partition coefficient (Wildman–Crippen LogP) is 2.58. The fourth-order valence-electron chi connectivity index (χ4n) is 1.12. The maximum Gasteiger partial charge on any atom is 0.337 e. The Hall–Kier alpha value is -2.31. The number of nitrogens with zero attached hydrogens (tertiary/aromatic N) is 2. The molecule has 0 saturated carbocycles. The van der Waals surface area contributed by atoms with Crippen molar-refractivity contribution in [3.63, 3.8) is 0 Å². The zero-order chi connectivity index (χ0) is 13.5. The second-order valence-corrected chi connectivity index (χ2v) is 3.97. The SMILES string of the molecule is COC(=O)c1ccc(Br)c(NC=C(C#N)C#N)c1. The zero-order valence-corrected chi connectivity index (χ0v) is 11.0. The highest BCUT2D eigenvalue weighted by atomic mass is 79.9. The largest absolute Gasteiger partial charge is 0.465 e. The minimum absolute atomic E-state index is 0.0645. The molecule has 18 heavy (non-hydrogen) atoms. The van der Waals surface area contributed by atoms with Crippen LogP contribution in [0.1, 0.15) is 10.4 Å². The smallest absolute Gasteiger partial charge is 0.337 e. The molecule has 1 N–H and O–H groups in total. The van der Waals surface area contributed by atoms with Gasteiger partial charge in [0.2, 0.25) is 0 Å². The molecular formula is C12H8BrN3O2. The second kappa shape index (κ2) is 6.43. The fourth-order valence-corrected chi connectivity index (χ4v) is 1.48. The Labute approximate surface area is 112 Å². The molecule has 0 atom stereocenters. The Morgan fingerprint density at radius 1 is 1.44 bits per heavy atom. The van der Waals surface area contributed by atoms with Crippen molar-refractivity contribution >= 4 is 27.6 Å². The van der Waals surface area contributed by atoms with E-state index in [2.05, 4.69) is 26.0 Å². The maximum atomic E-state index is 11.3. The number of hydrogen-bond donors (Lipinski definition) is 1. The van der Waals surface area contributed by atoms with Crippen molar-refractivity contribution in [3.05, 3.63) is 40.0 Å². The molecule has 0 aromatic heterocycles. The van der Waals surface area contributed by atoms with Gasteiger partial charge in [-0.15, -0.1) is 0 Å². The van der Waals surface area contributed by atoms with E-state index in [9.17, 15) is 4.79 Å². The molecule has 1 aromatic rings. The first-order valence-corrected chi connectivity index (χ1v) is 5.56. The number of benzene rings is 1. The number of nitriles is 2. The summed E-state index contributed by atoms with van der Waals surface area (Å²) in [7, 11) is 1.29. The molecule has 0 bridgehead atoms. The van der Waals surface area contributed by atoms with Gasteiger partial charge in [0.15, 0.2) is 0 Å². The molecule has 0 amide bonds. The maximum absolute atomic E-state index is 11.3. The number of halogens is 1. The lowest BCUT2D eigenvalue weighted by Gasteiger charge is -2.06. The molecule has 0 radical (unpaired) electrons. The molecule has 0 aliphatic rings. The van der Waals surface area contributed by atoms with Gasteiger partial charge in [-0.2, -0.15) is 10.5 Å². The summed E-state index contributed by atoms with van der Waals surface area (Å²) in [6.45, 7) is 0. The van der Waals surface area contributed by atoms with E-state index in [0.717, 1.165) is 0 Å². The number of ether oxygens (including phenoxy) is 1. The molecule has 6 heteroatoms. The molecule has 0 aliphatic carbocycles. The highest BCUT2D eigenvalue weighted by Gasteiger charge is 2.08. The number of nitrogens with one attached hydrogen (secondary N) is 1. The number of rotatable bonds is 3. The van der Waals surface area contributed by atoms with Crippen molar-refractivity contribution in [3.8, 4) is 12.1 Å². The number of carbonyl (C=O) groups is 1. The Morgan fingerprint density at radius 3 is 2.67 bits per heavy atom. The van der Waals surface area contributed by atoms with Gasteiger partial charge in [0.05, 0.1) is 18.4 Å². The van der Waals surface area contributed by atoms with Crippen molar-refractivity contribution in [2.24, 2.45) is 0 Å². The highest BCUT2D eigenvalue weighted by molar-refractivity contribution is 9.10. The van der Waals surface area contributed by atoms with E-state index < -0.39 is 5.97 Å². The predicted molar refractivity (Wildman–Crippen MR) is 68.4 cm³/mol. The first-order valence-electron chi connectivity index (χ1n) is 4.77. The van der Waals surface area contributed by atoms with Crippen LogP contribution in [0, 0.1) is 22.7 Å². The normalized spacial score (nSPS) is 8.67. The van der Waals surface area contributed by atoms with Crippen LogP contribution in [0.4, 0.5) is 5.69 Å². The number of methoxy groups -OCH3 is 1. The topological polar surface area (TPSA) is 85.9 Å². The molecule has 1 aromatic carbocycles. The van der Waals surface area contributed by atoms with E-state index in [1.165, 1.54) is 13.3 Å². The summed E-state index contributed by atoms with van der Waals surface area (Å²) >= 11 is 3.29. The third-order valence-corrected chi connectivity index (χ3v) is 2.69. The Balaban J connectivity index is 3.03. The van der Waals surface area contributed by atoms with E-state index in [4.69, 9.17) is 10.5 Å². The average molecular weight is 306 g/mol. The van der Waals surface area contributed by atoms with Gasteiger partial charge in [0.1, 0.15) is 17.7 Å². The number of allylic oxidation sites excluding steroid dienone is 1. The minimum Gasteiger partial charge on any atom is -0.465 e. The van der Waals surface area contributed by atoms with Crippen LogP contribution in [-0.2, 0) is 4.74 Å². The number of anilines is 1. The van der Waals surface area contributed by atoms with Gasteiger partial charge >= 0.3 is 5.97 Å². The van der Waals surface area contributed by atoms with Crippen LogP contribution >= 0.6 is 15.9 Å². The molecule has 0 heterocycles.